The van der Waals surface area contributed by atoms with Crippen LogP contribution in [0.1, 0.15) is 19.4 Å². The van der Waals surface area contributed by atoms with Crippen molar-refractivity contribution in [1.29, 1.82) is 0 Å². The zero-order valence-corrected chi connectivity index (χ0v) is 13.1. The number of amides is 1. The molecule has 0 spiro atoms. The Morgan fingerprint density at radius 2 is 2.13 bits per heavy atom. The van der Waals surface area contributed by atoms with Crippen molar-refractivity contribution in [3.05, 3.63) is 54.0 Å². The van der Waals surface area contributed by atoms with Crippen LogP contribution in [0.15, 0.2) is 42.6 Å². The molecular weight excluding hydrogens is 297 g/mol. The fourth-order valence-corrected chi connectivity index (χ4v) is 1.82. The van der Waals surface area contributed by atoms with Crippen LogP contribution in [-0.2, 0) is 11.3 Å². The molecule has 0 saturated carbocycles. The van der Waals surface area contributed by atoms with Gasteiger partial charge in [-0.3, -0.25) is 4.79 Å². The zero-order chi connectivity index (χ0) is 16.8. The van der Waals surface area contributed by atoms with Crippen LogP contribution >= 0.6 is 0 Å². The smallest absolute Gasteiger partial charge is 0.224 e. The first-order valence-corrected chi connectivity index (χ1v) is 7.37. The topological polar surface area (TPSA) is 77.2 Å². The van der Waals surface area contributed by atoms with Gasteiger partial charge in [0.2, 0.25) is 11.8 Å². The Kier molecular flexibility index (Phi) is 5.65. The van der Waals surface area contributed by atoms with Gasteiger partial charge in [0.1, 0.15) is 11.6 Å². The highest BCUT2D eigenvalue weighted by Crippen LogP contribution is 2.20. The Bertz CT molecular complexity index is 659. The van der Waals surface area contributed by atoms with E-state index in [4.69, 9.17) is 10.5 Å². The van der Waals surface area contributed by atoms with E-state index in [9.17, 15) is 9.18 Å². The molecule has 1 amide bonds. The number of benzene rings is 1. The molecule has 122 valence electrons. The van der Waals surface area contributed by atoms with Crippen molar-refractivity contribution >= 4 is 5.91 Å². The molecule has 2 rings (SSSR count). The minimum absolute atomic E-state index is 0.0971. The van der Waals surface area contributed by atoms with E-state index < -0.39 is 0 Å². The summed E-state index contributed by atoms with van der Waals surface area (Å²) in [7, 11) is 0. The molecule has 1 aromatic carbocycles. The van der Waals surface area contributed by atoms with E-state index in [1.54, 1.807) is 44.3 Å². The predicted octanol–water partition coefficient (Wildman–Crippen LogP) is 2.61. The van der Waals surface area contributed by atoms with Gasteiger partial charge in [0.25, 0.3) is 0 Å². The second kappa shape index (κ2) is 7.69. The number of ether oxygens (including phenoxy) is 1. The van der Waals surface area contributed by atoms with Crippen LogP contribution in [-0.4, -0.2) is 16.9 Å². The first kappa shape index (κ1) is 16.9. The number of carbonyl (C=O) groups is 1. The molecule has 0 bridgehead atoms. The summed E-state index contributed by atoms with van der Waals surface area (Å²) in [5, 5.41) is 2.81. The van der Waals surface area contributed by atoms with Crippen LogP contribution in [0, 0.1) is 11.7 Å². The van der Waals surface area contributed by atoms with Gasteiger partial charge < -0.3 is 15.8 Å². The second-order valence-electron chi connectivity index (χ2n) is 5.43. The quantitative estimate of drug-likeness (QED) is 0.858. The largest absolute Gasteiger partial charge is 0.439 e. The van der Waals surface area contributed by atoms with Crippen molar-refractivity contribution in [3.63, 3.8) is 0 Å². The van der Waals surface area contributed by atoms with E-state index >= 15 is 0 Å². The standard InChI is InChI=1S/C17H20FN3O2/c1-11(12(2)19)17(22)21-10-13-6-7-16(20-9-13)23-15-5-3-4-14(18)8-15/h3-9,11-12H,10,19H2,1-2H3,(H,21,22). The molecule has 2 aromatic rings. The first-order valence-electron chi connectivity index (χ1n) is 7.37. The number of hydrogen-bond donors (Lipinski definition) is 2. The van der Waals surface area contributed by atoms with Gasteiger partial charge >= 0.3 is 0 Å². The van der Waals surface area contributed by atoms with E-state index in [0.29, 0.717) is 18.2 Å². The Labute approximate surface area is 134 Å². The highest BCUT2D eigenvalue weighted by molar-refractivity contribution is 5.78. The summed E-state index contributed by atoms with van der Waals surface area (Å²) in [5.74, 6) is 0.0163. The molecule has 0 aliphatic heterocycles. The summed E-state index contributed by atoms with van der Waals surface area (Å²) in [5.41, 5.74) is 6.53. The summed E-state index contributed by atoms with van der Waals surface area (Å²) in [4.78, 5) is 16.0. The van der Waals surface area contributed by atoms with E-state index in [1.165, 1.54) is 12.1 Å². The summed E-state index contributed by atoms with van der Waals surface area (Å²) in [6.07, 6.45) is 1.60. The van der Waals surface area contributed by atoms with Crippen LogP contribution in [0.4, 0.5) is 4.39 Å². The monoisotopic (exact) mass is 317 g/mol. The summed E-state index contributed by atoms with van der Waals surface area (Å²) < 4.78 is 18.5. The van der Waals surface area contributed by atoms with Crippen molar-refractivity contribution in [2.24, 2.45) is 11.7 Å². The van der Waals surface area contributed by atoms with Crippen LogP contribution < -0.4 is 15.8 Å². The van der Waals surface area contributed by atoms with E-state index in [-0.39, 0.29) is 23.7 Å². The van der Waals surface area contributed by atoms with Gasteiger partial charge in [0, 0.05) is 36.8 Å². The fraction of sp³-hybridized carbons (Fsp3) is 0.294. The molecular formula is C17H20FN3O2. The molecule has 23 heavy (non-hydrogen) atoms. The molecule has 0 aliphatic rings. The van der Waals surface area contributed by atoms with Crippen LogP contribution in [0.2, 0.25) is 0 Å². The van der Waals surface area contributed by atoms with Gasteiger partial charge in [-0.25, -0.2) is 9.37 Å². The summed E-state index contributed by atoms with van der Waals surface area (Å²) in [6, 6.07) is 9.10. The van der Waals surface area contributed by atoms with Crippen LogP contribution in [0.3, 0.4) is 0 Å². The lowest BCUT2D eigenvalue weighted by Gasteiger charge is -2.15. The van der Waals surface area contributed by atoms with Crippen molar-refractivity contribution in [1.82, 2.24) is 10.3 Å². The number of nitrogens with two attached hydrogens (primary N) is 1. The number of hydrogen-bond acceptors (Lipinski definition) is 4. The van der Waals surface area contributed by atoms with Gasteiger partial charge in [0.15, 0.2) is 0 Å². The number of nitrogens with zero attached hydrogens (tertiary/aromatic N) is 1. The summed E-state index contributed by atoms with van der Waals surface area (Å²) >= 11 is 0. The van der Waals surface area contributed by atoms with Gasteiger partial charge in [-0.2, -0.15) is 0 Å². The molecule has 5 nitrogen and oxygen atoms in total. The Hall–Kier alpha value is -2.47. The second-order valence-corrected chi connectivity index (χ2v) is 5.43. The lowest BCUT2D eigenvalue weighted by Crippen LogP contribution is -2.38. The molecule has 0 fully saturated rings. The molecule has 6 heteroatoms. The Balaban J connectivity index is 1.91. The maximum absolute atomic E-state index is 13.1. The Morgan fingerprint density at radius 3 is 2.74 bits per heavy atom. The number of halogens is 1. The highest BCUT2D eigenvalue weighted by atomic mass is 19.1. The molecule has 2 atom stereocenters. The number of pyridine rings is 1. The normalized spacial score (nSPS) is 13.2. The summed E-state index contributed by atoms with van der Waals surface area (Å²) in [6.45, 7) is 3.95. The van der Waals surface area contributed by atoms with Gasteiger partial charge in [0.05, 0.1) is 0 Å². The highest BCUT2D eigenvalue weighted by Gasteiger charge is 2.16. The fourth-order valence-electron chi connectivity index (χ4n) is 1.82. The first-order chi connectivity index (χ1) is 11.0. The van der Waals surface area contributed by atoms with E-state index in [2.05, 4.69) is 10.3 Å². The number of carbonyl (C=O) groups excluding carboxylic acids is 1. The van der Waals surface area contributed by atoms with Gasteiger partial charge in [-0.1, -0.05) is 19.1 Å². The lowest BCUT2D eigenvalue weighted by atomic mass is 10.0. The number of rotatable bonds is 6. The van der Waals surface area contributed by atoms with E-state index in [1.807, 2.05) is 0 Å². The minimum Gasteiger partial charge on any atom is -0.439 e. The predicted molar refractivity (Wildman–Crippen MR) is 85.4 cm³/mol. The molecule has 0 aliphatic carbocycles. The van der Waals surface area contributed by atoms with Crippen LogP contribution in [0.5, 0.6) is 11.6 Å². The molecule has 0 saturated heterocycles. The van der Waals surface area contributed by atoms with E-state index in [0.717, 1.165) is 5.56 Å². The molecule has 3 N–H and O–H groups in total. The molecule has 1 heterocycles. The van der Waals surface area contributed by atoms with Crippen molar-refractivity contribution < 1.29 is 13.9 Å². The average molecular weight is 317 g/mol. The third-order valence-electron chi connectivity index (χ3n) is 3.49. The molecule has 2 unspecified atom stereocenters. The third-order valence-corrected chi connectivity index (χ3v) is 3.49. The zero-order valence-electron chi connectivity index (χ0n) is 13.1. The van der Waals surface area contributed by atoms with Crippen LogP contribution in [0.25, 0.3) is 0 Å². The Morgan fingerprint density at radius 1 is 1.35 bits per heavy atom. The molecule has 1 aromatic heterocycles. The van der Waals surface area contributed by atoms with Crippen molar-refractivity contribution in [2.45, 2.75) is 26.4 Å². The average Bonchev–Trinajstić information content (AvgIpc) is 2.53. The number of nitrogens with one attached hydrogen (secondary N) is 1. The lowest BCUT2D eigenvalue weighted by molar-refractivity contribution is -0.125. The third kappa shape index (κ3) is 5.03. The molecule has 0 radical (unpaired) electrons. The minimum atomic E-state index is -0.370. The van der Waals surface area contributed by atoms with Gasteiger partial charge in [-0.15, -0.1) is 0 Å². The maximum Gasteiger partial charge on any atom is 0.224 e. The van der Waals surface area contributed by atoms with Gasteiger partial charge in [-0.05, 0) is 24.6 Å². The maximum atomic E-state index is 13.1. The number of aromatic nitrogens is 1. The van der Waals surface area contributed by atoms with Crippen molar-refractivity contribution in [2.75, 3.05) is 0 Å². The van der Waals surface area contributed by atoms with Crippen molar-refractivity contribution in [3.8, 4) is 11.6 Å². The SMILES string of the molecule is CC(N)C(C)C(=O)NCc1ccc(Oc2cccc(F)c2)nc1.